The Labute approximate surface area is 212 Å². The van der Waals surface area contributed by atoms with Gasteiger partial charge in [0.05, 0.1) is 12.1 Å². The van der Waals surface area contributed by atoms with Crippen molar-refractivity contribution in [1.29, 1.82) is 0 Å². The van der Waals surface area contributed by atoms with Crippen LogP contribution in [0.4, 0.5) is 8.78 Å². The van der Waals surface area contributed by atoms with Crippen molar-refractivity contribution in [2.24, 2.45) is 5.92 Å². The van der Waals surface area contributed by atoms with Gasteiger partial charge in [0, 0.05) is 43.3 Å². The van der Waals surface area contributed by atoms with E-state index in [1.54, 1.807) is 0 Å². The minimum Gasteiger partial charge on any atom is -0.349 e. The summed E-state index contributed by atoms with van der Waals surface area (Å²) in [5.74, 6) is -0.644. The molecular weight excluding hydrogens is 460 g/mol. The number of fused-ring (bicyclic) bond motifs is 2. The summed E-state index contributed by atoms with van der Waals surface area (Å²) < 4.78 is 29.6. The lowest BCUT2D eigenvalue weighted by Crippen LogP contribution is -2.40. The quantitative estimate of drug-likeness (QED) is 0.517. The summed E-state index contributed by atoms with van der Waals surface area (Å²) in [6.45, 7) is 7.29. The molecular formula is C28H39F2N5O. The molecule has 1 amide bonds. The van der Waals surface area contributed by atoms with Crippen LogP contribution in [0.5, 0.6) is 0 Å². The summed E-state index contributed by atoms with van der Waals surface area (Å²) in [7, 11) is 0. The summed E-state index contributed by atoms with van der Waals surface area (Å²) in [4.78, 5) is 15.7. The molecule has 2 bridgehead atoms. The molecule has 1 aromatic carbocycles. The number of halogens is 2. The lowest BCUT2D eigenvalue weighted by atomic mass is 9.86. The van der Waals surface area contributed by atoms with E-state index in [9.17, 15) is 13.6 Å². The van der Waals surface area contributed by atoms with E-state index in [-0.39, 0.29) is 43.6 Å². The van der Waals surface area contributed by atoms with Crippen LogP contribution in [0, 0.1) is 12.8 Å². The second kappa shape index (κ2) is 10.2. The second-order valence-electron chi connectivity index (χ2n) is 11.4. The van der Waals surface area contributed by atoms with Crippen LogP contribution >= 0.6 is 0 Å². The van der Waals surface area contributed by atoms with Gasteiger partial charge in [-0.05, 0) is 51.0 Å². The third-order valence-electron chi connectivity index (χ3n) is 8.67. The fourth-order valence-corrected chi connectivity index (χ4v) is 6.76. The molecule has 3 fully saturated rings. The van der Waals surface area contributed by atoms with Gasteiger partial charge in [-0.25, -0.2) is 8.78 Å². The number of alkyl halides is 2. The Balaban J connectivity index is 1.27. The van der Waals surface area contributed by atoms with Crippen molar-refractivity contribution in [3.05, 3.63) is 47.5 Å². The first-order valence-corrected chi connectivity index (χ1v) is 13.6. The summed E-state index contributed by atoms with van der Waals surface area (Å²) in [6.07, 6.45) is 4.42. The number of amides is 1. The molecule has 1 N–H and O–H groups in total. The number of hydrogen-bond donors (Lipinski definition) is 1. The summed E-state index contributed by atoms with van der Waals surface area (Å²) >= 11 is 0. The van der Waals surface area contributed by atoms with Crippen LogP contribution in [0.3, 0.4) is 0 Å². The van der Waals surface area contributed by atoms with Gasteiger partial charge in [0.25, 0.3) is 0 Å². The summed E-state index contributed by atoms with van der Waals surface area (Å²) in [5.41, 5.74) is 1.08. The van der Waals surface area contributed by atoms with Gasteiger partial charge in [0.1, 0.15) is 11.6 Å². The normalized spacial score (nSPS) is 27.0. The molecule has 36 heavy (non-hydrogen) atoms. The van der Waals surface area contributed by atoms with E-state index < -0.39 is 5.92 Å². The van der Waals surface area contributed by atoms with Gasteiger partial charge in [-0.1, -0.05) is 44.2 Å². The van der Waals surface area contributed by atoms with Crippen LogP contribution in [0.2, 0.25) is 0 Å². The molecule has 2 aromatic rings. The molecule has 1 aromatic heterocycles. The number of nitrogens with zero attached hydrogens (tertiary/aromatic N) is 4. The van der Waals surface area contributed by atoms with Crippen molar-refractivity contribution in [2.45, 2.75) is 108 Å². The first kappa shape index (κ1) is 25.3. The highest BCUT2D eigenvalue weighted by Crippen LogP contribution is 2.46. The number of carbonyl (C=O) groups is 1. The van der Waals surface area contributed by atoms with Crippen molar-refractivity contribution in [3.63, 3.8) is 0 Å². The van der Waals surface area contributed by atoms with Gasteiger partial charge in [0.2, 0.25) is 11.8 Å². The van der Waals surface area contributed by atoms with Crippen molar-refractivity contribution >= 4 is 5.91 Å². The van der Waals surface area contributed by atoms with E-state index in [1.165, 1.54) is 12.8 Å². The number of aromatic nitrogens is 3. The van der Waals surface area contributed by atoms with Crippen LogP contribution in [0.15, 0.2) is 30.3 Å². The average Bonchev–Trinajstić information content (AvgIpc) is 3.54. The predicted molar refractivity (Wildman–Crippen MR) is 135 cm³/mol. The zero-order valence-corrected chi connectivity index (χ0v) is 21.7. The van der Waals surface area contributed by atoms with Crippen molar-refractivity contribution in [1.82, 2.24) is 25.0 Å². The van der Waals surface area contributed by atoms with Crippen molar-refractivity contribution in [3.8, 4) is 0 Å². The van der Waals surface area contributed by atoms with Crippen LogP contribution in [0.25, 0.3) is 0 Å². The molecule has 1 saturated carbocycles. The Morgan fingerprint density at radius 3 is 2.50 bits per heavy atom. The predicted octanol–water partition coefficient (Wildman–Crippen LogP) is 5.56. The smallest absolute Gasteiger partial charge is 0.248 e. The van der Waals surface area contributed by atoms with Gasteiger partial charge < -0.3 is 9.88 Å². The Kier molecular flexibility index (Phi) is 7.16. The zero-order chi connectivity index (χ0) is 25.4. The van der Waals surface area contributed by atoms with Crippen LogP contribution in [-0.2, 0) is 4.79 Å². The van der Waals surface area contributed by atoms with E-state index in [2.05, 4.69) is 57.9 Å². The monoisotopic (exact) mass is 499 g/mol. The molecule has 0 spiro atoms. The molecule has 6 nitrogen and oxygen atoms in total. The highest BCUT2D eigenvalue weighted by molar-refractivity contribution is 5.79. The molecule has 4 atom stereocenters. The molecule has 2 saturated heterocycles. The Bertz CT molecular complexity index is 1050. The molecule has 4 unspecified atom stereocenters. The molecule has 0 radical (unpaired) electrons. The lowest BCUT2D eigenvalue weighted by Gasteiger charge is -2.31. The van der Waals surface area contributed by atoms with Gasteiger partial charge in [-0.3, -0.25) is 9.69 Å². The molecule has 1 aliphatic carbocycles. The number of hydrogen-bond acceptors (Lipinski definition) is 4. The average molecular weight is 500 g/mol. The minimum absolute atomic E-state index is 0.0803. The van der Waals surface area contributed by atoms with Crippen molar-refractivity contribution < 1.29 is 13.6 Å². The SMILES string of the molecule is Cc1nnc(C(C)C)n1C1CC2CCC1N2CCC(NC(=O)C1CCC(F)(F)CC1)c1ccccc1. The number of aryl methyl sites for hydroxylation is 1. The van der Waals surface area contributed by atoms with Gasteiger partial charge in [-0.2, -0.15) is 0 Å². The highest BCUT2D eigenvalue weighted by Gasteiger charge is 2.48. The maximum atomic E-state index is 13.6. The summed E-state index contributed by atoms with van der Waals surface area (Å²) in [6, 6.07) is 11.3. The highest BCUT2D eigenvalue weighted by atomic mass is 19.3. The Morgan fingerprint density at radius 2 is 1.81 bits per heavy atom. The Hall–Kier alpha value is -2.35. The minimum atomic E-state index is -2.63. The van der Waals surface area contributed by atoms with Crippen LogP contribution in [-0.4, -0.2) is 50.1 Å². The van der Waals surface area contributed by atoms with E-state index in [1.807, 2.05) is 18.2 Å². The third kappa shape index (κ3) is 5.06. The van der Waals surface area contributed by atoms with Gasteiger partial charge in [0.15, 0.2) is 0 Å². The first-order chi connectivity index (χ1) is 17.2. The van der Waals surface area contributed by atoms with E-state index >= 15 is 0 Å². The molecule has 8 heteroatoms. The topological polar surface area (TPSA) is 63.1 Å². The van der Waals surface area contributed by atoms with E-state index in [0.717, 1.165) is 36.6 Å². The molecule has 3 heterocycles. The second-order valence-corrected chi connectivity index (χ2v) is 11.4. The van der Waals surface area contributed by atoms with Gasteiger partial charge >= 0.3 is 0 Å². The fraction of sp³-hybridized carbons (Fsp3) is 0.679. The zero-order valence-electron chi connectivity index (χ0n) is 21.7. The fourth-order valence-electron chi connectivity index (χ4n) is 6.76. The summed E-state index contributed by atoms with van der Waals surface area (Å²) in [5, 5.41) is 12.1. The van der Waals surface area contributed by atoms with E-state index in [4.69, 9.17) is 0 Å². The maximum absolute atomic E-state index is 13.6. The van der Waals surface area contributed by atoms with E-state index in [0.29, 0.717) is 24.0 Å². The van der Waals surface area contributed by atoms with Crippen LogP contribution < -0.4 is 5.32 Å². The number of nitrogens with one attached hydrogen (secondary N) is 1. The van der Waals surface area contributed by atoms with Gasteiger partial charge in [-0.15, -0.1) is 10.2 Å². The molecule has 196 valence electrons. The third-order valence-corrected chi connectivity index (χ3v) is 8.67. The maximum Gasteiger partial charge on any atom is 0.248 e. The lowest BCUT2D eigenvalue weighted by molar-refractivity contribution is -0.130. The standard InChI is InChI=1S/C28H39F2N5O/c1-18(2)26-33-32-19(3)35(26)25-17-22-9-10-24(25)34(22)16-13-23(20-7-5-4-6-8-20)31-27(36)21-11-14-28(29,30)15-12-21/h4-8,18,21-25H,9-17H2,1-3H3,(H,31,36). The Morgan fingerprint density at radius 1 is 1.08 bits per heavy atom. The largest absolute Gasteiger partial charge is 0.349 e. The van der Waals surface area contributed by atoms with Crippen molar-refractivity contribution in [2.75, 3.05) is 6.54 Å². The van der Waals surface area contributed by atoms with Crippen LogP contribution in [0.1, 0.15) is 100 Å². The number of carbonyl (C=O) groups excluding carboxylic acids is 1. The molecule has 2 aliphatic heterocycles. The first-order valence-electron chi connectivity index (χ1n) is 13.6. The molecule has 3 aliphatic rings. The number of rotatable bonds is 8. The number of benzene rings is 1. The molecule has 5 rings (SSSR count).